The highest BCUT2D eigenvalue weighted by molar-refractivity contribution is 14.0. The lowest BCUT2D eigenvalue weighted by atomic mass is 10.1. The van der Waals surface area contributed by atoms with Crippen molar-refractivity contribution in [2.24, 2.45) is 10.9 Å². The molecule has 0 bridgehead atoms. The van der Waals surface area contributed by atoms with Crippen molar-refractivity contribution in [3.8, 4) is 5.75 Å². The van der Waals surface area contributed by atoms with E-state index in [9.17, 15) is 0 Å². The van der Waals surface area contributed by atoms with Gasteiger partial charge in [-0.3, -0.25) is 4.99 Å². The summed E-state index contributed by atoms with van der Waals surface area (Å²) in [6, 6.07) is 6.87. The van der Waals surface area contributed by atoms with E-state index in [1.807, 2.05) is 0 Å². The van der Waals surface area contributed by atoms with Crippen LogP contribution in [0.25, 0.3) is 0 Å². The summed E-state index contributed by atoms with van der Waals surface area (Å²) in [4.78, 5) is 4.29. The number of nitrogens with one attached hydrogen (secondary N) is 2. The summed E-state index contributed by atoms with van der Waals surface area (Å²) in [7, 11) is 3.51. The van der Waals surface area contributed by atoms with Crippen LogP contribution in [0.15, 0.2) is 23.2 Å². The molecule has 1 aliphatic carbocycles. The Hall–Kier alpha value is -1.02. The van der Waals surface area contributed by atoms with Crippen molar-refractivity contribution in [3.63, 3.8) is 0 Å². The van der Waals surface area contributed by atoms with Gasteiger partial charge < -0.3 is 20.1 Å². The van der Waals surface area contributed by atoms with Crippen LogP contribution in [0.3, 0.4) is 0 Å². The Morgan fingerprint density at radius 2 is 2.08 bits per heavy atom. The fraction of sp³-hybridized carbons (Fsp3) is 0.611. The zero-order chi connectivity index (χ0) is 16.7. The van der Waals surface area contributed by atoms with Gasteiger partial charge in [-0.2, -0.15) is 0 Å². The smallest absolute Gasteiger partial charge is 0.191 e. The molecule has 24 heavy (non-hydrogen) atoms. The van der Waals surface area contributed by atoms with Crippen LogP contribution in [0.4, 0.5) is 0 Å². The first kappa shape index (κ1) is 21.0. The topological polar surface area (TPSA) is 54.9 Å². The lowest BCUT2D eigenvalue weighted by Crippen LogP contribution is -2.38. The molecule has 0 radical (unpaired) electrons. The predicted molar refractivity (Wildman–Crippen MR) is 109 cm³/mol. The number of rotatable bonds is 8. The van der Waals surface area contributed by atoms with Gasteiger partial charge in [0.1, 0.15) is 5.75 Å². The average Bonchev–Trinajstić information content (AvgIpc) is 3.24. The van der Waals surface area contributed by atoms with Gasteiger partial charge in [0.2, 0.25) is 0 Å². The van der Waals surface area contributed by atoms with E-state index in [1.165, 1.54) is 12.0 Å². The minimum atomic E-state index is 0. The highest BCUT2D eigenvalue weighted by atomic mass is 127. The van der Waals surface area contributed by atoms with Crippen molar-refractivity contribution in [1.29, 1.82) is 0 Å². The monoisotopic (exact) mass is 447 g/mol. The van der Waals surface area contributed by atoms with Gasteiger partial charge in [0, 0.05) is 45.3 Å². The Morgan fingerprint density at radius 1 is 1.33 bits per heavy atom. The number of guanidine groups is 1. The molecule has 0 heterocycles. The molecule has 1 aromatic rings. The van der Waals surface area contributed by atoms with Crippen LogP contribution in [0.2, 0.25) is 0 Å². The fourth-order valence-electron chi connectivity index (χ4n) is 2.40. The van der Waals surface area contributed by atoms with Gasteiger partial charge in [-0.1, -0.05) is 19.1 Å². The third-order valence-electron chi connectivity index (χ3n) is 4.07. The van der Waals surface area contributed by atoms with Crippen molar-refractivity contribution in [2.45, 2.75) is 39.3 Å². The predicted octanol–water partition coefficient (Wildman–Crippen LogP) is 3.10. The number of halogens is 1. The first-order valence-corrected chi connectivity index (χ1v) is 8.32. The molecule has 0 spiro atoms. The summed E-state index contributed by atoms with van der Waals surface area (Å²) in [5, 5.41) is 6.81. The van der Waals surface area contributed by atoms with E-state index in [-0.39, 0.29) is 24.0 Å². The molecule has 1 saturated carbocycles. The van der Waals surface area contributed by atoms with Crippen LogP contribution in [0, 0.1) is 12.8 Å². The van der Waals surface area contributed by atoms with Gasteiger partial charge in [0.15, 0.2) is 5.96 Å². The van der Waals surface area contributed by atoms with E-state index >= 15 is 0 Å². The quantitative estimate of drug-likeness (QED) is 0.278. The molecule has 136 valence electrons. The van der Waals surface area contributed by atoms with Crippen molar-refractivity contribution in [1.82, 2.24) is 10.6 Å². The first-order chi connectivity index (χ1) is 11.1. The van der Waals surface area contributed by atoms with Gasteiger partial charge in [0.05, 0.1) is 6.61 Å². The fourth-order valence-corrected chi connectivity index (χ4v) is 2.40. The SMILES string of the molecule is CN=C(NCc1ccc(C)cc1OCCCOC)NC1CC1C.I. The molecule has 0 aliphatic heterocycles. The molecule has 1 aromatic carbocycles. The van der Waals surface area contributed by atoms with Crippen molar-refractivity contribution >= 4 is 29.9 Å². The Morgan fingerprint density at radius 3 is 2.71 bits per heavy atom. The number of aryl methyl sites for hydroxylation is 1. The minimum absolute atomic E-state index is 0. The molecule has 0 saturated heterocycles. The summed E-state index contributed by atoms with van der Waals surface area (Å²) >= 11 is 0. The molecule has 2 unspecified atom stereocenters. The van der Waals surface area contributed by atoms with Crippen molar-refractivity contribution in [3.05, 3.63) is 29.3 Å². The highest BCUT2D eigenvalue weighted by Gasteiger charge is 2.33. The van der Waals surface area contributed by atoms with Crippen molar-refractivity contribution < 1.29 is 9.47 Å². The van der Waals surface area contributed by atoms with Crippen LogP contribution in [0.5, 0.6) is 5.75 Å². The molecule has 6 heteroatoms. The summed E-state index contributed by atoms with van der Waals surface area (Å²) < 4.78 is 11.0. The summed E-state index contributed by atoms with van der Waals surface area (Å²) in [5.41, 5.74) is 2.34. The largest absolute Gasteiger partial charge is 0.493 e. The molecule has 5 nitrogen and oxygen atoms in total. The van der Waals surface area contributed by atoms with E-state index in [0.717, 1.165) is 36.2 Å². The van der Waals surface area contributed by atoms with Gasteiger partial charge in [0.25, 0.3) is 0 Å². The maximum absolute atomic E-state index is 5.92. The number of nitrogens with zero attached hydrogens (tertiary/aromatic N) is 1. The van der Waals surface area contributed by atoms with Crippen LogP contribution in [-0.4, -0.2) is 39.4 Å². The molecule has 0 amide bonds. The number of hydrogen-bond acceptors (Lipinski definition) is 3. The van der Waals surface area contributed by atoms with E-state index in [4.69, 9.17) is 9.47 Å². The third-order valence-corrected chi connectivity index (χ3v) is 4.07. The lowest BCUT2D eigenvalue weighted by Gasteiger charge is -2.15. The molecule has 0 aromatic heterocycles. The zero-order valence-corrected chi connectivity index (χ0v) is 17.4. The van der Waals surface area contributed by atoms with E-state index in [2.05, 4.69) is 47.7 Å². The van der Waals surface area contributed by atoms with E-state index in [0.29, 0.717) is 19.2 Å². The lowest BCUT2D eigenvalue weighted by molar-refractivity contribution is 0.172. The number of aliphatic imine (C=N–C) groups is 1. The summed E-state index contributed by atoms with van der Waals surface area (Å²) in [5.74, 6) is 2.53. The Balaban J connectivity index is 0.00000288. The van der Waals surface area contributed by atoms with Crippen LogP contribution >= 0.6 is 24.0 Å². The van der Waals surface area contributed by atoms with E-state index < -0.39 is 0 Å². The molecule has 2 rings (SSSR count). The number of hydrogen-bond donors (Lipinski definition) is 2. The Kier molecular flexibility index (Phi) is 9.43. The average molecular weight is 447 g/mol. The van der Waals surface area contributed by atoms with Gasteiger partial charge >= 0.3 is 0 Å². The second-order valence-corrected chi connectivity index (χ2v) is 6.20. The minimum Gasteiger partial charge on any atom is -0.493 e. The van der Waals surface area contributed by atoms with Gasteiger partial charge in [-0.15, -0.1) is 24.0 Å². The molecule has 1 aliphatic rings. The maximum Gasteiger partial charge on any atom is 0.191 e. The van der Waals surface area contributed by atoms with Crippen LogP contribution in [-0.2, 0) is 11.3 Å². The number of benzene rings is 1. The van der Waals surface area contributed by atoms with Crippen LogP contribution in [0.1, 0.15) is 30.9 Å². The normalized spacial score (nSPS) is 19.4. The Labute approximate surface area is 162 Å². The van der Waals surface area contributed by atoms with Crippen LogP contribution < -0.4 is 15.4 Å². The third kappa shape index (κ3) is 6.84. The number of ether oxygens (including phenoxy) is 2. The summed E-state index contributed by atoms with van der Waals surface area (Å²) in [6.07, 6.45) is 2.11. The molecule has 1 fully saturated rings. The van der Waals surface area contributed by atoms with E-state index in [1.54, 1.807) is 14.2 Å². The highest BCUT2D eigenvalue weighted by Crippen LogP contribution is 2.28. The first-order valence-electron chi connectivity index (χ1n) is 8.32. The standard InChI is InChI=1S/C18H29N3O2.HI/c1-13-6-7-15(17(10-13)23-9-5-8-22-4)12-20-18(19-3)21-16-11-14(16)2;/h6-7,10,14,16H,5,8-9,11-12H2,1-4H3,(H2,19,20,21);1H. The molecule has 2 N–H and O–H groups in total. The van der Waals surface area contributed by atoms with Crippen molar-refractivity contribution in [2.75, 3.05) is 27.4 Å². The Bertz CT molecular complexity index is 537. The molecular weight excluding hydrogens is 417 g/mol. The second-order valence-electron chi connectivity index (χ2n) is 6.20. The summed E-state index contributed by atoms with van der Waals surface area (Å²) in [6.45, 7) is 6.40. The molecular formula is C18H30IN3O2. The second kappa shape index (κ2) is 10.8. The maximum atomic E-state index is 5.92. The number of methoxy groups -OCH3 is 1. The zero-order valence-electron chi connectivity index (χ0n) is 15.1. The molecule has 2 atom stereocenters. The van der Waals surface area contributed by atoms with Gasteiger partial charge in [-0.25, -0.2) is 0 Å². The van der Waals surface area contributed by atoms with Gasteiger partial charge in [-0.05, 0) is 30.9 Å².